The van der Waals surface area contributed by atoms with Crippen LogP contribution >= 0.6 is 11.3 Å². The number of hydrogen-bond donors (Lipinski definition) is 2. The van der Waals surface area contributed by atoms with Crippen LogP contribution in [0.3, 0.4) is 0 Å². The molecule has 0 radical (unpaired) electrons. The first-order chi connectivity index (χ1) is 8.65. The van der Waals surface area contributed by atoms with Crippen LogP contribution < -0.4 is 10.1 Å². The Kier molecular flexibility index (Phi) is 3.84. The molecule has 0 fully saturated rings. The van der Waals surface area contributed by atoms with Gasteiger partial charge in [-0.2, -0.15) is 0 Å². The second-order valence-electron chi connectivity index (χ2n) is 3.96. The zero-order valence-electron chi connectivity index (χ0n) is 10.6. The number of phenols is 1. The fourth-order valence-electron chi connectivity index (χ4n) is 1.59. The predicted octanol–water partition coefficient (Wildman–Crippen LogP) is 2.80. The molecule has 0 aliphatic heterocycles. The molecule has 0 spiro atoms. The summed E-state index contributed by atoms with van der Waals surface area (Å²) in [6, 6.07) is 5.59. The molecule has 1 aromatic heterocycles. The minimum Gasteiger partial charge on any atom is -0.504 e. The lowest BCUT2D eigenvalue weighted by Crippen LogP contribution is -2.10. The molecule has 1 atom stereocenters. The fraction of sp³-hybridized carbons (Fsp3) is 0.308. The number of aromatic hydroxyl groups is 1. The second kappa shape index (κ2) is 5.37. The summed E-state index contributed by atoms with van der Waals surface area (Å²) in [7, 11) is 3.45. The number of aromatic nitrogens is 1. The van der Waals surface area contributed by atoms with Gasteiger partial charge in [-0.25, -0.2) is 4.98 Å². The highest BCUT2D eigenvalue weighted by Gasteiger charge is 2.11. The fourth-order valence-corrected chi connectivity index (χ4v) is 2.56. The van der Waals surface area contributed by atoms with E-state index >= 15 is 0 Å². The number of nitrogens with zero attached hydrogens (tertiary/aromatic N) is 1. The third kappa shape index (κ3) is 2.47. The van der Waals surface area contributed by atoms with Gasteiger partial charge in [0.15, 0.2) is 11.5 Å². The first kappa shape index (κ1) is 12.9. The summed E-state index contributed by atoms with van der Waals surface area (Å²) in [6.07, 6.45) is 1.86. The molecule has 2 aromatic rings. The van der Waals surface area contributed by atoms with Gasteiger partial charge < -0.3 is 15.2 Å². The van der Waals surface area contributed by atoms with E-state index in [9.17, 15) is 5.11 Å². The summed E-state index contributed by atoms with van der Waals surface area (Å²) in [5.41, 5.74) is 0.896. The van der Waals surface area contributed by atoms with Gasteiger partial charge in [0, 0.05) is 22.7 Å². The minimum atomic E-state index is 0.133. The average molecular weight is 264 g/mol. The molecule has 0 saturated carbocycles. The van der Waals surface area contributed by atoms with E-state index in [1.165, 1.54) is 12.0 Å². The number of thiazole rings is 1. The topological polar surface area (TPSA) is 54.4 Å². The molecule has 0 aliphatic carbocycles. The van der Waals surface area contributed by atoms with E-state index in [2.05, 4.69) is 17.2 Å². The number of nitrogens with one attached hydrogen (secondary N) is 1. The van der Waals surface area contributed by atoms with Crippen LogP contribution in [0.25, 0.3) is 10.6 Å². The van der Waals surface area contributed by atoms with Crippen LogP contribution in [0.15, 0.2) is 24.4 Å². The van der Waals surface area contributed by atoms with Crippen LogP contribution in [-0.2, 0) is 0 Å². The molecular weight excluding hydrogens is 248 g/mol. The number of benzene rings is 1. The van der Waals surface area contributed by atoms with E-state index in [0.29, 0.717) is 5.75 Å². The molecule has 0 bridgehead atoms. The van der Waals surface area contributed by atoms with Gasteiger partial charge in [-0.05, 0) is 32.2 Å². The smallest absolute Gasteiger partial charge is 0.160 e. The first-order valence-electron chi connectivity index (χ1n) is 5.66. The molecule has 2 N–H and O–H groups in total. The van der Waals surface area contributed by atoms with Crippen LogP contribution in [0.1, 0.15) is 17.8 Å². The van der Waals surface area contributed by atoms with Crippen molar-refractivity contribution in [2.45, 2.75) is 13.0 Å². The maximum absolute atomic E-state index is 9.75. The van der Waals surface area contributed by atoms with Gasteiger partial charge in [0.05, 0.1) is 7.11 Å². The van der Waals surface area contributed by atoms with Crippen molar-refractivity contribution in [3.63, 3.8) is 0 Å². The molecule has 0 saturated heterocycles. The Morgan fingerprint density at radius 2 is 2.22 bits per heavy atom. The second-order valence-corrected chi connectivity index (χ2v) is 5.03. The lowest BCUT2D eigenvalue weighted by atomic mass is 10.2. The van der Waals surface area contributed by atoms with E-state index < -0.39 is 0 Å². The monoisotopic (exact) mass is 264 g/mol. The molecule has 5 heteroatoms. The summed E-state index contributed by atoms with van der Waals surface area (Å²) < 4.78 is 5.02. The van der Waals surface area contributed by atoms with E-state index in [1.807, 2.05) is 19.3 Å². The van der Waals surface area contributed by atoms with Crippen LogP contribution in [-0.4, -0.2) is 24.2 Å². The summed E-state index contributed by atoms with van der Waals surface area (Å²) in [6.45, 7) is 2.09. The van der Waals surface area contributed by atoms with Crippen molar-refractivity contribution in [3.05, 3.63) is 29.3 Å². The molecule has 0 amide bonds. The SMILES string of the molecule is CNC(C)c1cnc(-c2ccc(OC)c(O)c2)s1. The third-order valence-corrected chi connectivity index (χ3v) is 4.04. The van der Waals surface area contributed by atoms with Gasteiger partial charge >= 0.3 is 0 Å². The van der Waals surface area contributed by atoms with Crippen LogP contribution in [0.5, 0.6) is 11.5 Å². The highest BCUT2D eigenvalue weighted by atomic mass is 32.1. The molecule has 0 aliphatic rings. The maximum atomic E-state index is 9.75. The number of ether oxygens (including phenoxy) is 1. The van der Waals surface area contributed by atoms with Crippen LogP contribution in [0, 0.1) is 0 Å². The van der Waals surface area contributed by atoms with Crippen molar-refractivity contribution in [1.82, 2.24) is 10.3 Å². The Morgan fingerprint density at radius 3 is 2.83 bits per heavy atom. The Morgan fingerprint density at radius 1 is 1.44 bits per heavy atom. The Balaban J connectivity index is 2.31. The lowest BCUT2D eigenvalue weighted by molar-refractivity contribution is 0.373. The molecule has 1 unspecified atom stereocenters. The van der Waals surface area contributed by atoms with Crippen molar-refractivity contribution in [1.29, 1.82) is 0 Å². The van der Waals surface area contributed by atoms with Crippen molar-refractivity contribution < 1.29 is 9.84 Å². The highest BCUT2D eigenvalue weighted by molar-refractivity contribution is 7.15. The van der Waals surface area contributed by atoms with Gasteiger partial charge in [0.2, 0.25) is 0 Å². The number of phenolic OH excluding ortho intramolecular Hbond substituents is 1. The van der Waals surface area contributed by atoms with Crippen LogP contribution in [0.4, 0.5) is 0 Å². The van der Waals surface area contributed by atoms with Crippen molar-refractivity contribution in [2.24, 2.45) is 0 Å². The van der Waals surface area contributed by atoms with Gasteiger partial charge in [-0.3, -0.25) is 0 Å². The van der Waals surface area contributed by atoms with Crippen molar-refractivity contribution in [2.75, 3.05) is 14.2 Å². The molecule has 2 rings (SSSR count). The molecule has 4 nitrogen and oxygen atoms in total. The zero-order valence-corrected chi connectivity index (χ0v) is 11.4. The minimum absolute atomic E-state index is 0.133. The predicted molar refractivity (Wildman–Crippen MR) is 73.2 cm³/mol. The van der Waals surface area contributed by atoms with Gasteiger partial charge in [-0.15, -0.1) is 11.3 Å². The van der Waals surface area contributed by atoms with E-state index in [1.54, 1.807) is 23.5 Å². The Labute approximate surface area is 110 Å². The Hall–Kier alpha value is -1.59. The van der Waals surface area contributed by atoms with Gasteiger partial charge in [0.25, 0.3) is 0 Å². The maximum Gasteiger partial charge on any atom is 0.160 e. The quantitative estimate of drug-likeness (QED) is 0.891. The molecule has 18 heavy (non-hydrogen) atoms. The average Bonchev–Trinajstić information content (AvgIpc) is 2.87. The molecule has 1 heterocycles. The Bertz CT molecular complexity index is 540. The van der Waals surface area contributed by atoms with E-state index in [-0.39, 0.29) is 11.8 Å². The number of methoxy groups -OCH3 is 1. The van der Waals surface area contributed by atoms with E-state index in [4.69, 9.17) is 4.74 Å². The van der Waals surface area contributed by atoms with Crippen molar-refractivity contribution >= 4 is 11.3 Å². The standard InChI is InChI=1S/C13H16N2O2S/c1-8(14-2)12-7-15-13(18-12)9-4-5-11(17-3)10(16)6-9/h4-8,14,16H,1-3H3. The van der Waals surface area contributed by atoms with Gasteiger partial charge in [0.1, 0.15) is 5.01 Å². The zero-order chi connectivity index (χ0) is 13.1. The van der Waals surface area contributed by atoms with Crippen molar-refractivity contribution in [3.8, 4) is 22.1 Å². The van der Waals surface area contributed by atoms with Crippen LogP contribution in [0.2, 0.25) is 0 Å². The summed E-state index contributed by atoms with van der Waals surface area (Å²) in [5.74, 6) is 0.604. The first-order valence-corrected chi connectivity index (χ1v) is 6.47. The normalized spacial score (nSPS) is 12.4. The molecule has 1 aromatic carbocycles. The van der Waals surface area contributed by atoms with E-state index in [0.717, 1.165) is 10.6 Å². The summed E-state index contributed by atoms with van der Waals surface area (Å²) in [5, 5.41) is 13.8. The number of rotatable bonds is 4. The summed E-state index contributed by atoms with van der Waals surface area (Å²) >= 11 is 1.62. The largest absolute Gasteiger partial charge is 0.504 e. The molecule has 96 valence electrons. The third-order valence-electron chi connectivity index (χ3n) is 2.81. The lowest BCUT2D eigenvalue weighted by Gasteiger charge is -2.05. The highest BCUT2D eigenvalue weighted by Crippen LogP contribution is 2.34. The number of hydrogen-bond acceptors (Lipinski definition) is 5. The summed E-state index contributed by atoms with van der Waals surface area (Å²) in [4.78, 5) is 5.55. The van der Waals surface area contributed by atoms with Gasteiger partial charge in [-0.1, -0.05) is 0 Å². The molecular formula is C13H16N2O2S.